The number of carbonyl (C=O) groups is 1. The van der Waals surface area contributed by atoms with E-state index in [-0.39, 0.29) is 11.9 Å². The minimum Gasteiger partial charge on any atom is -0.460 e. The number of amides is 1. The average Bonchev–Trinajstić information content (AvgIpc) is 2.99. The Balaban J connectivity index is 1.56. The van der Waals surface area contributed by atoms with Gasteiger partial charge in [-0.2, -0.15) is 0 Å². The van der Waals surface area contributed by atoms with Gasteiger partial charge in [-0.15, -0.1) is 0 Å². The minimum absolute atomic E-state index is 0.0865. The van der Waals surface area contributed by atoms with Gasteiger partial charge in [0.25, 0.3) is 5.91 Å². The van der Waals surface area contributed by atoms with Crippen LogP contribution >= 0.6 is 0 Å². The van der Waals surface area contributed by atoms with E-state index in [2.05, 4.69) is 15.2 Å². The van der Waals surface area contributed by atoms with Crippen LogP contribution in [0.3, 0.4) is 0 Å². The molecule has 1 atom stereocenters. The van der Waals surface area contributed by atoms with Crippen LogP contribution in [0, 0.1) is 5.92 Å². The summed E-state index contributed by atoms with van der Waals surface area (Å²) in [7, 11) is 3.91. The number of nitrogens with zero attached hydrogens (tertiary/aromatic N) is 3. The van der Waals surface area contributed by atoms with Crippen molar-refractivity contribution in [2.24, 2.45) is 5.92 Å². The van der Waals surface area contributed by atoms with Crippen LogP contribution in [0.15, 0.2) is 22.9 Å². The van der Waals surface area contributed by atoms with Crippen LogP contribution in [0.1, 0.15) is 23.3 Å². The van der Waals surface area contributed by atoms with E-state index in [0.717, 1.165) is 17.6 Å². The number of carbonyl (C=O) groups excluding carboxylic acids is 1. The van der Waals surface area contributed by atoms with Crippen molar-refractivity contribution in [3.8, 4) is 0 Å². The number of piperidine rings is 3. The van der Waals surface area contributed by atoms with E-state index in [1.54, 1.807) is 12.5 Å². The Bertz CT molecular complexity index is 731. The van der Waals surface area contributed by atoms with Gasteiger partial charge < -0.3 is 19.5 Å². The fourth-order valence-corrected chi connectivity index (χ4v) is 3.76. The SMILES string of the molecule is CN(C)c1coc2cnc(C(=O)NC3CN4CCC3CC4)cc12. The monoisotopic (exact) mass is 314 g/mol. The maximum absolute atomic E-state index is 12.6. The standard InChI is InChI=1S/C17H22N4O2/c1-20(2)15-10-23-16-8-18-13(7-12(15)16)17(22)19-14-9-21-5-3-11(14)4-6-21/h7-8,10-11,14H,3-6,9H2,1-2H3,(H,19,22). The Labute approximate surface area is 135 Å². The van der Waals surface area contributed by atoms with Crippen LogP contribution in [0.4, 0.5) is 5.69 Å². The van der Waals surface area contributed by atoms with Crippen molar-refractivity contribution in [1.82, 2.24) is 15.2 Å². The molecule has 3 aliphatic heterocycles. The Hall–Kier alpha value is -2.08. The van der Waals surface area contributed by atoms with Crippen molar-refractivity contribution in [3.05, 3.63) is 24.2 Å². The van der Waals surface area contributed by atoms with E-state index in [4.69, 9.17) is 4.42 Å². The van der Waals surface area contributed by atoms with Crippen LogP contribution in [0.2, 0.25) is 0 Å². The summed E-state index contributed by atoms with van der Waals surface area (Å²) in [5, 5.41) is 4.11. The lowest BCUT2D eigenvalue weighted by atomic mass is 9.84. The van der Waals surface area contributed by atoms with Gasteiger partial charge in [0.1, 0.15) is 12.0 Å². The molecule has 6 nitrogen and oxygen atoms in total. The molecule has 3 saturated heterocycles. The van der Waals surface area contributed by atoms with E-state index in [0.29, 0.717) is 17.2 Å². The molecule has 122 valence electrons. The summed E-state index contributed by atoms with van der Waals surface area (Å²) in [4.78, 5) is 21.3. The fraction of sp³-hybridized carbons (Fsp3) is 0.529. The second kappa shape index (κ2) is 5.53. The topological polar surface area (TPSA) is 61.6 Å². The third-order valence-corrected chi connectivity index (χ3v) is 5.13. The Morgan fingerprint density at radius 2 is 2.17 bits per heavy atom. The first kappa shape index (κ1) is 14.5. The van der Waals surface area contributed by atoms with Gasteiger partial charge >= 0.3 is 0 Å². The van der Waals surface area contributed by atoms with Crippen molar-refractivity contribution in [2.45, 2.75) is 18.9 Å². The molecule has 0 radical (unpaired) electrons. The van der Waals surface area contributed by atoms with Crippen LogP contribution in [-0.2, 0) is 0 Å². The number of rotatable bonds is 3. The smallest absolute Gasteiger partial charge is 0.270 e. The normalized spacial score (nSPS) is 26.4. The van der Waals surface area contributed by atoms with Crippen molar-refractivity contribution < 1.29 is 9.21 Å². The number of furan rings is 1. The maximum atomic E-state index is 12.6. The first-order chi connectivity index (χ1) is 11.1. The number of fused-ring (bicyclic) bond motifs is 4. The van der Waals surface area contributed by atoms with E-state index < -0.39 is 0 Å². The molecule has 3 fully saturated rings. The molecule has 0 saturated carbocycles. The van der Waals surface area contributed by atoms with Crippen molar-refractivity contribution in [2.75, 3.05) is 38.6 Å². The molecule has 6 heteroatoms. The van der Waals surface area contributed by atoms with Crippen LogP contribution in [0.5, 0.6) is 0 Å². The lowest BCUT2D eigenvalue weighted by Gasteiger charge is -2.44. The van der Waals surface area contributed by atoms with Gasteiger partial charge in [0.15, 0.2) is 5.58 Å². The van der Waals surface area contributed by atoms with Gasteiger partial charge in [0, 0.05) is 32.1 Å². The second-order valence-corrected chi connectivity index (χ2v) is 6.80. The lowest BCUT2D eigenvalue weighted by Crippen LogP contribution is -2.57. The summed E-state index contributed by atoms with van der Waals surface area (Å²) in [6.07, 6.45) is 5.70. The Morgan fingerprint density at radius 3 is 2.83 bits per heavy atom. The molecule has 5 heterocycles. The molecule has 2 aromatic heterocycles. The summed E-state index contributed by atoms with van der Waals surface area (Å²) in [6, 6.07) is 2.07. The van der Waals surface area contributed by atoms with Gasteiger partial charge in [0.05, 0.1) is 11.9 Å². The highest BCUT2D eigenvalue weighted by atomic mass is 16.3. The molecule has 0 aliphatic carbocycles. The van der Waals surface area contributed by atoms with E-state index in [1.807, 2.05) is 25.1 Å². The van der Waals surface area contributed by atoms with Gasteiger partial charge in [-0.3, -0.25) is 4.79 Å². The number of hydrogen-bond acceptors (Lipinski definition) is 5. The first-order valence-corrected chi connectivity index (χ1v) is 8.19. The van der Waals surface area contributed by atoms with Crippen LogP contribution in [0.25, 0.3) is 11.0 Å². The molecular formula is C17H22N4O2. The predicted molar refractivity (Wildman–Crippen MR) is 88.8 cm³/mol. The van der Waals surface area contributed by atoms with E-state index >= 15 is 0 Å². The first-order valence-electron chi connectivity index (χ1n) is 8.19. The Morgan fingerprint density at radius 1 is 1.39 bits per heavy atom. The maximum Gasteiger partial charge on any atom is 0.270 e. The molecule has 2 aromatic rings. The molecule has 1 N–H and O–H groups in total. The molecular weight excluding hydrogens is 292 g/mol. The summed E-state index contributed by atoms with van der Waals surface area (Å²) >= 11 is 0. The number of anilines is 1. The third-order valence-electron chi connectivity index (χ3n) is 5.13. The number of nitrogens with one attached hydrogen (secondary N) is 1. The highest BCUT2D eigenvalue weighted by Gasteiger charge is 2.35. The molecule has 1 amide bonds. The average molecular weight is 314 g/mol. The van der Waals surface area contributed by atoms with Gasteiger partial charge in [0.2, 0.25) is 0 Å². The summed E-state index contributed by atoms with van der Waals surface area (Å²) < 4.78 is 5.49. The third kappa shape index (κ3) is 2.57. The number of pyridine rings is 1. The zero-order chi connectivity index (χ0) is 16.0. The van der Waals surface area contributed by atoms with E-state index in [1.165, 1.54) is 25.9 Å². The molecule has 1 unspecified atom stereocenters. The zero-order valence-electron chi connectivity index (χ0n) is 13.6. The number of hydrogen-bond donors (Lipinski definition) is 1. The molecule has 0 spiro atoms. The van der Waals surface area contributed by atoms with Crippen molar-refractivity contribution in [3.63, 3.8) is 0 Å². The van der Waals surface area contributed by atoms with Gasteiger partial charge in [-0.25, -0.2) is 4.98 Å². The quantitative estimate of drug-likeness (QED) is 0.934. The summed E-state index contributed by atoms with van der Waals surface area (Å²) in [6.45, 7) is 3.30. The fourth-order valence-electron chi connectivity index (χ4n) is 3.76. The van der Waals surface area contributed by atoms with Crippen molar-refractivity contribution in [1.29, 1.82) is 0 Å². The van der Waals surface area contributed by atoms with Crippen molar-refractivity contribution >= 4 is 22.6 Å². The molecule has 5 rings (SSSR count). The van der Waals surface area contributed by atoms with Gasteiger partial charge in [-0.1, -0.05) is 0 Å². The van der Waals surface area contributed by atoms with Crippen LogP contribution in [-0.4, -0.2) is 55.6 Å². The second-order valence-electron chi connectivity index (χ2n) is 6.80. The molecule has 23 heavy (non-hydrogen) atoms. The lowest BCUT2D eigenvalue weighted by molar-refractivity contribution is 0.0618. The Kier molecular flexibility index (Phi) is 3.49. The van der Waals surface area contributed by atoms with Gasteiger partial charge in [-0.05, 0) is 37.9 Å². The minimum atomic E-state index is -0.0865. The highest BCUT2D eigenvalue weighted by molar-refractivity contribution is 5.99. The molecule has 3 aliphatic rings. The van der Waals surface area contributed by atoms with E-state index in [9.17, 15) is 4.79 Å². The van der Waals surface area contributed by atoms with Crippen LogP contribution < -0.4 is 10.2 Å². The number of aromatic nitrogens is 1. The predicted octanol–water partition coefficient (Wildman–Crippen LogP) is 1.72. The molecule has 2 bridgehead atoms. The largest absolute Gasteiger partial charge is 0.460 e. The summed E-state index contributed by atoms with van der Waals surface area (Å²) in [5.74, 6) is 0.524. The zero-order valence-corrected chi connectivity index (χ0v) is 13.6. The highest BCUT2D eigenvalue weighted by Crippen LogP contribution is 2.29. The summed E-state index contributed by atoms with van der Waals surface area (Å²) in [5.41, 5.74) is 2.12. The molecule has 0 aromatic carbocycles.